The fourth-order valence-electron chi connectivity index (χ4n) is 3.81. The molecule has 1 saturated heterocycles. The maximum Gasteiger partial charge on any atom is 0.263 e. The van der Waals surface area contributed by atoms with Gasteiger partial charge in [-0.25, -0.2) is 8.42 Å². The molecule has 0 bridgehead atoms. The Balaban J connectivity index is 1.49. The van der Waals surface area contributed by atoms with Crippen molar-refractivity contribution in [1.29, 1.82) is 0 Å². The first-order valence-corrected chi connectivity index (χ1v) is 12.3. The number of carbonyl (C=O) groups excluding carboxylic acids is 1. The summed E-state index contributed by atoms with van der Waals surface area (Å²) in [5.41, 5.74) is 2.96. The van der Waals surface area contributed by atoms with E-state index in [9.17, 15) is 13.2 Å². The molecule has 0 atom stereocenters. The van der Waals surface area contributed by atoms with Crippen molar-refractivity contribution in [3.63, 3.8) is 0 Å². The van der Waals surface area contributed by atoms with Crippen molar-refractivity contribution in [3.8, 4) is 0 Å². The van der Waals surface area contributed by atoms with Crippen molar-refractivity contribution in [2.75, 3.05) is 31.1 Å². The standard InChI is InChI=1S/C22H25ClN6O3S/c1-16-3-4-18(23)13-20(16)28-9-11-29(12-10-28)33(31,32)22-19(15-27(2)26-22)21(30)25-14-17-5-7-24-8-6-17/h3-8,13,15H,9-12,14H2,1-2H3,(H,25,30). The van der Waals surface area contributed by atoms with Crippen LogP contribution in [-0.4, -0.2) is 59.6 Å². The highest BCUT2D eigenvalue weighted by atomic mass is 35.5. The molecule has 3 heterocycles. The van der Waals surface area contributed by atoms with Crippen molar-refractivity contribution < 1.29 is 13.2 Å². The number of pyridine rings is 1. The van der Waals surface area contributed by atoms with Gasteiger partial charge >= 0.3 is 0 Å². The third-order valence-electron chi connectivity index (χ3n) is 5.58. The van der Waals surface area contributed by atoms with Crippen LogP contribution in [0.15, 0.2) is 53.9 Å². The molecule has 3 aromatic rings. The van der Waals surface area contributed by atoms with Gasteiger partial charge in [0.2, 0.25) is 5.03 Å². The molecule has 1 aliphatic heterocycles. The zero-order valence-corrected chi connectivity index (χ0v) is 20.0. The molecule has 1 fully saturated rings. The van der Waals surface area contributed by atoms with E-state index >= 15 is 0 Å². The number of hydrogen-bond donors (Lipinski definition) is 1. The van der Waals surface area contributed by atoms with E-state index in [2.05, 4.69) is 20.3 Å². The van der Waals surface area contributed by atoms with Gasteiger partial charge in [-0.1, -0.05) is 17.7 Å². The van der Waals surface area contributed by atoms with Crippen LogP contribution in [0.5, 0.6) is 0 Å². The third kappa shape index (κ3) is 5.02. The van der Waals surface area contributed by atoms with Crippen LogP contribution in [0, 0.1) is 6.92 Å². The SMILES string of the molecule is Cc1ccc(Cl)cc1N1CCN(S(=O)(=O)c2nn(C)cc2C(=O)NCc2ccncc2)CC1. The number of nitrogens with one attached hydrogen (secondary N) is 1. The molecule has 9 nitrogen and oxygen atoms in total. The number of nitrogens with zero attached hydrogens (tertiary/aromatic N) is 5. The Morgan fingerprint density at radius 2 is 1.82 bits per heavy atom. The van der Waals surface area contributed by atoms with Crippen LogP contribution < -0.4 is 10.2 Å². The average molecular weight is 489 g/mol. The van der Waals surface area contributed by atoms with E-state index < -0.39 is 15.9 Å². The van der Waals surface area contributed by atoms with Gasteiger partial charge in [-0.05, 0) is 42.3 Å². The maximum atomic E-state index is 13.4. The average Bonchev–Trinajstić information content (AvgIpc) is 3.22. The first-order chi connectivity index (χ1) is 15.8. The monoisotopic (exact) mass is 488 g/mol. The minimum atomic E-state index is -3.95. The van der Waals surface area contributed by atoms with E-state index in [0.29, 0.717) is 18.1 Å². The Labute approximate surface area is 198 Å². The number of aryl methyl sites for hydroxylation is 2. The highest BCUT2D eigenvalue weighted by molar-refractivity contribution is 7.89. The van der Waals surface area contributed by atoms with Crippen LogP contribution >= 0.6 is 11.6 Å². The molecule has 1 N–H and O–H groups in total. The second-order valence-corrected chi connectivity index (χ2v) is 10.2. The fourth-order valence-corrected chi connectivity index (χ4v) is 5.52. The van der Waals surface area contributed by atoms with E-state index in [0.717, 1.165) is 16.8 Å². The van der Waals surface area contributed by atoms with Gasteiger partial charge in [0.25, 0.3) is 15.9 Å². The summed E-state index contributed by atoms with van der Waals surface area (Å²) in [5, 5.41) is 7.29. The van der Waals surface area contributed by atoms with Gasteiger partial charge in [-0.15, -0.1) is 0 Å². The minimum absolute atomic E-state index is 0.0275. The number of hydrogen-bond acceptors (Lipinski definition) is 6. The summed E-state index contributed by atoms with van der Waals surface area (Å²) in [4.78, 5) is 18.9. The Kier molecular flexibility index (Phi) is 6.68. The summed E-state index contributed by atoms with van der Waals surface area (Å²) in [6.07, 6.45) is 4.69. The molecule has 1 aromatic carbocycles. The smallest absolute Gasteiger partial charge is 0.263 e. The predicted molar refractivity (Wildman–Crippen MR) is 126 cm³/mol. The lowest BCUT2D eigenvalue weighted by atomic mass is 10.1. The van der Waals surface area contributed by atoms with Crippen molar-refractivity contribution in [2.45, 2.75) is 18.5 Å². The second kappa shape index (κ2) is 9.50. The normalized spacial score (nSPS) is 14.9. The van der Waals surface area contributed by atoms with Gasteiger partial charge in [0.05, 0.1) is 5.56 Å². The molecule has 1 aliphatic rings. The van der Waals surface area contributed by atoms with Crippen LogP contribution in [-0.2, 0) is 23.6 Å². The minimum Gasteiger partial charge on any atom is -0.369 e. The molecule has 0 unspecified atom stereocenters. The highest BCUT2D eigenvalue weighted by Crippen LogP contribution is 2.27. The summed E-state index contributed by atoms with van der Waals surface area (Å²) in [6, 6.07) is 9.24. The van der Waals surface area contributed by atoms with Crippen molar-refractivity contribution >= 4 is 33.2 Å². The summed E-state index contributed by atoms with van der Waals surface area (Å²) in [5.74, 6) is -0.494. The number of benzene rings is 1. The van der Waals surface area contributed by atoms with E-state index in [-0.39, 0.29) is 30.2 Å². The number of carbonyl (C=O) groups is 1. The number of amides is 1. The summed E-state index contributed by atoms with van der Waals surface area (Å²) >= 11 is 6.15. The number of anilines is 1. The van der Waals surface area contributed by atoms with Crippen LogP contribution in [0.1, 0.15) is 21.5 Å². The summed E-state index contributed by atoms with van der Waals surface area (Å²) in [6.45, 7) is 3.84. The van der Waals surface area contributed by atoms with Crippen LogP contribution in [0.4, 0.5) is 5.69 Å². The van der Waals surface area contributed by atoms with Crippen LogP contribution in [0.2, 0.25) is 5.02 Å². The van der Waals surface area contributed by atoms with Crippen LogP contribution in [0.25, 0.3) is 0 Å². The van der Waals surface area contributed by atoms with E-state index in [1.54, 1.807) is 31.6 Å². The molecule has 0 aliphatic carbocycles. The molecule has 33 heavy (non-hydrogen) atoms. The van der Waals surface area contributed by atoms with E-state index in [1.165, 1.54) is 15.2 Å². The lowest BCUT2D eigenvalue weighted by Crippen LogP contribution is -2.49. The fraction of sp³-hybridized carbons (Fsp3) is 0.318. The lowest BCUT2D eigenvalue weighted by molar-refractivity contribution is 0.0947. The summed E-state index contributed by atoms with van der Waals surface area (Å²) in [7, 11) is -2.35. The third-order valence-corrected chi connectivity index (χ3v) is 7.65. The molecule has 4 rings (SSSR count). The quantitative estimate of drug-likeness (QED) is 0.571. The molecule has 0 spiro atoms. The molecular weight excluding hydrogens is 464 g/mol. The number of halogens is 1. The van der Waals surface area contributed by atoms with Gasteiger partial charge in [0.15, 0.2) is 0 Å². The van der Waals surface area contributed by atoms with Gasteiger partial charge in [-0.3, -0.25) is 14.5 Å². The topological polar surface area (TPSA) is 100 Å². The van der Waals surface area contributed by atoms with E-state index in [1.807, 2.05) is 25.1 Å². The zero-order chi connectivity index (χ0) is 23.6. The van der Waals surface area contributed by atoms with Gasteiger partial charge in [0.1, 0.15) is 0 Å². The van der Waals surface area contributed by atoms with Gasteiger partial charge in [0, 0.05) is 69.1 Å². The highest BCUT2D eigenvalue weighted by Gasteiger charge is 2.34. The summed E-state index contributed by atoms with van der Waals surface area (Å²) < 4.78 is 29.5. The molecule has 1 amide bonds. The Morgan fingerprint density at radius 3 is 2.52 bits per heavy atom. The Bertz CT molecular complexity index is 1250. The van der Waals surface area contributed by atoms with Crippen molar-refractivity contribution in [3.05, 3.63) is 70.6 Å². The van der Waals surface area contributed by atoms with Gasteiger partial charge in [-0.2, -0.15) is 9.40 Å². The molecule has 174 valence electrons. The second-order valence-electron chi connectivity index (χ2n) is 7.88. The largest absolute Gasteiger partial charge is 0.369 e. The lowest BCUT2D eigenvalue weighted by Gasteiger charge is -2.35. The molecule has 0 saturated carbocycles. The first kappa shape index (κ1) is 23.2. The molecule has 2 aromatic heterocycles. The van der Waals surface area contributed by atoms with E-state index in [4.69, 9.17) is 11.6 Å². The predicted octanol–water partition coefficient (Wildman–Crippen LogP) is 2.22. The molecular formula is C22H25ClN6O3S. The maximum absolute atomic E-state index is 13.4. The van der Waals surface area contributed by atoms with Gasteiger partial charge < -0.3 is 10.2 Å². The Hall–Kier alpha value is -2.95. The van der Waals surface area contributed by atoms with Crippen molar-refractivity contribution in [1.82, 2.24) is 24.4 Å². The number of aromatic nitrogens is 3. The first-order valence-electron chi connectivity index (χ1n) is 10.5. The molecule has 11 heteroatoms. The number of sulfonamides is 1. The Morgan fingerprint density at radius 1 is 1.12 bits per heavy atom. The van der Waals surface area contributed by atoms with Crippen molar-refractivity contribution in [2.24, 2.45) is 7.05 Å². The van der Waals surface area contributed by atoms with Crippen LogP contribution in [0.3, 0.4) is 0 Å². The number of rotatable bonds is 6. The number of piperazine rings is 1. The molecule has 0 radical (unpaired) electrons. The zero-order valence-electron chi connectivity index (χ0n) is 18.4.